The minimum absolute atomic E-state index is 0.0783. The number of benzene rings is 1. The molecule has 0 aliphatic carbocycles. The first kappa shape index (κ1) is 12.8. The van der Waals surface area contributed by atoms with Gasteiger partial charge in [0.2, 0.25) is 0 Å². The fourth-order valence-corrected chi connectivity index (χ4v) is 2.14. The van der Waals surface area contributed by atoms with E-state index in [0.717, 1.165) is 6.07 Å². The van der Waals surface area contributed by atoms with E-state index in [9.17, 15) is 14.0 Å². The number of aliphatic carboxylic acids is 1. The van der Waals surface area contributed by atoms with Gasteiger partial charge in [0, 0.05) is 18.1 Å². The van der Waals surface area contributed by atoms with Gasteiger partial charge in [0.25, 0.3) is 5.91 Å². The van der Waals surface area contributed by atoms with Crippen molar-refractivity contribution < 1.29 is 19.1 Å². The summed E-state index contributed by atoms with van der Waals surface area (Å²) in [5.74, 6) is -2.68. The minimum atomic E-state index is -0.929. The number of likely N-dealkylation sites (tertiary alicyclic amines) is 1. The summed E-state index contributed by atoms with van der Waals surface area (Å²) in [5.41, 5.74) is -0.0783. The number of carbonyl (C=O) groups is 2. The summed E-state index contributed by atoms with van der Waals surface area (Å²) in [6.07, 6.45) is 0.399. The van der Waals surface area contributed by atoms with Crippen molar-refractivity contribution >= 4 is 23.5 Å². The molecule has 1 fully saturated rings. The van der Waals surface area contributed by atoms with Gasteiger partial charge < -0.3 is 10.0 Å². The third kappa shape index (κ3) is 2.46. The van der Waals surface area contributed by atoms with E-state index in [0.29, 0.717) is 13.0 Å². The molecular weight excluding hydrogens is 261 g/mol. The largest absolute Gasteiger partial charge is 0.481 e. The number of amides is 1. The number of nitrogens with zero attached hydrogens (tertiary/aromatic N) is 1. The maximum absolute atomic E-state index is 13.6. The zero-order valence-electron chi connectivity index (χ0n) is 9.40. The van der Waals surface area contributed by atoms with Crippen LogP contribution in [0, 0.1) is 11.7 Å². The molecule has 0 radical (unpaired) electrons. The van der Waals surface area contributed by atoms with E-state index in [2.05, 4.69) is 0 Å². The Bertz CT molecular complexity index is 506. The van der Waals surface area contributed by atoms with Crippen molar-refractivity contribution in [2.24, 2.45) is 5.92 Å². The minimum Gasteiger partial charge on any atom is -0.481 e. The molecule has 0 bridgehead atoms. The molecule has 1 aromatic rings. The van der Waals surface area contributed by atoms with E-state index >= 15 is 0 Å². The Labute approximate surface area is 108 Å². The molecule has 1 aromatic carbocycles. The zero-order chi connectivity index (χ0) is 13.3. The van der Waals surface area contributed by atoms with Crippen LogP contribution in [-0.2, 0) is 4.79 Å². The van der Waals surface area contributed by atoms with Gasteiger partial charge >= 0.3 is 5.97 Å². The van der Waals surface area contributed by atoms with Crippen LogP contribution < -0.4 is 0 Å². The quantitative estimate of drug-likeness (QED) is 0.895. The van der Waals surface area contributed by atoms with Crippen molar-refractivity contribution in [3.63, 3.8) is 0 Å². The van der Waals surface area contributed by atoms with E-state index in [-0.39, 0.29) is 17.1 Å². The standard InChI is InChI=1S/C12H11ClFNO3/c13-8-1-2-9(10(14)5-8)11(16)15-4-3-7(6-15)12(17)18/h1-2,5,7H,3-4,6H2,(H,17,18). The van der Waals surface area contributed by atoms with Gasteiger partial charge in [-0.3, -0.25) is 9.59 Å². The van der Waals surface area contributed by atoms with Crippen LogP contribution in [-0.4, -0.2) is 35.0 Å². The fourth-order valence-electron chi connectivity index (χ4n) is 1.98. The van der Waals surface area contributed by atoms with Crippen molar-refractivity contribution in [3.8, 4) is 0 Å². The summed E-state index contributed by atoms with van der Waals surface area (Å²) in [6, 6.07) is 3.82. The number of hydrogen-bond acceptors (Lipinski definition) is 2. The van der Waals surface area contributed by atoms with Crippen LogP contribution in [0.2, 0.25) is 5.02 Å². The van der Waals surface area contributed by atoms with Crippen LogP contribution in [0.1, 0.15) is 16.8 Å². The van der Waals surface area contributed by atoms with Crippen molar-refractivity contribution in [2.75, 3.05) is 13.1 Å². The Morgan fingerprint density at radius 1 is 1.44 bits per heavy atom. The molecule has 0 aromatic heterocycles. The molecular formula is C12H11ClFNO3. The van der Waals surface area contributed by atoms with Crippen LogP contribution in [0.4, 0.5) is 4.39 Å². The Kier molecular flexibility index (Phi) is 3.52. The van der Waals surface area contributed by atoms with Crippen molar-refractivity contribution in [1.82, 2.24) is 4.90 Å². The maximum Gasteiger partial charge on any atom is 0.308 e. The molecule has 1 unspecified atom stereocenters. The average molecular weight is 272 g/mol. The van der Waals surface area contributed by atoms with Gasteiger partial charge in [-0.2, -0.15) is 0 Å². The first-order chi connectivity index (χ1) is 8.49. The topological polar surface area (TPSA) is 57.6 Å². The molecule has 0 saturated carbocycles. The number of carboxylic acid groups (broad SMARTS) is 1. The molecule has 1 aliphatic rings. The third-order valence-electron chi connectivity index (χ3n) is 2.99. The highest BCUT2D eigenvalue weighted by Crippen LogP contribution is 2.21. The van der Waals surface area contributed by atoms with Gasteiger partial charge in [0.1, 0.15) is 5.82 Å². The van der Waals surface area contributed by atoms with Gasteiger partial charge in [0.15, 0.2) is 0 Å². The van der Waals surface area contributed by atoms with Crippen molar-refractivity contribution in [3.05, 3.63) is 34.6 Å². The second-order valence-electron chi connectivity index (χ2n) is 4.20. The lowest BCUT2D eigenvalue weighted by atomic mass is 10.1. The van der Waals surface area contributed by atoms with Gasteiger partial charge in [-0.25, -0.2) is 4.39 Å². The highest BCUT2D eigenvalue weighted by molar-refractivity contribution is 6.30. The predicted octanol–water partition coefficient (Wildman–Crippen LogP) is 2.03. The van der Waals surface area contributed by atoms with Crippen LogP contribution in [0.25, 0.3) is 0 Å². The molecule has 1 saturated heterocycles. The Morgan fingerprint density at radius 3 is 2.72 bits per heavy atom. The Hall–Kier alpha value is -1.62. The number of carbonyl (C=O) groups excluding carboxylic acids is 1. The number of rotatable bonds is 2. The second kappa shape index (κ2) is 4.94. The van der Waals surface area contributed by atoms with Crippen molar-refractivity contribution in [1.29, 1.82) is 0 Å². The molecule has 18 heavy (non-hydrogen) atoms. The van der Waals surface area contributed by atoms with E-state index in [4.69, 9.17) is 16.7 Å². The number of hydrogen-bond donors (Lipinski definition) is 1. The lowest BCUT2D eigenvalue weighted by Crippen LogP contribution is -2.30. The molecule has 96 valence electrons. The molecule has 0 spiro atoms. The lowest BCUT2D eigenvalue weighted by Gasteiger charge is -2.16. The summed E-state index contributed by atoms with van der Waals surface area (Å²) >= 11 is 5.60. The van der Waals surface area contributed by atoms with Gasteiger partial charge in [-0.15, -0.1) is 0 Å². The van der Waals surface area contributed by atoms with Gasteiger partial charge in [-0.1, -0.05) is 11.6 Å². The number of halogens is 2. The van der Waals surface area contributed by atoms with E-state index in [1.807, 2.05) is 0 Å². The first-order valence-electron chi connectivity index (χ1n) is 5.46. The lowest BCUT2D eigenvalue weighted by molar-refractivity contribution is -0.141. The molecule has 2 rings (SSSR count). The van der Waals surface area contributed by atoms with Gasteiger partial charge in [0.05, 0.1) is 11.5 Å². The van der Waals surface area contributed by atoms with E-state index < -0.39 is 23.6 Å². The summed E-state index contributed by atoms with van der Waals surface area (Å²) in [4.78, 5) is 24.1. The Morgan fingerprint density at radius 2 is 2.17 bits per heavy atom. The smallest absolute Gasteiger partial charge is 0.308 e. The maximum atomic E-state index is 13.6. The fraction of sp³-hybridized carbons (Fsp3) is 0.333. The van der Waals surface area contributed by atoms with Crippen LogP contribution in [0.5, 0.6) is 0 Å². The summed E-state index contributed by atoms with van der Waals surface area (Å²) < 4.78 is 13.6. The second-order valence-corrected chi connectivity index (χ2v) is 4.64. The van der Waals surface area contributed by atoms with E-state index in [1.165, 1.54) is 17.0 Å². The molecule has 1 N–H and O–H groups in total. The summed E-state index contributed by atoms with van der Waals surface area (Å²) in [7, 11) is 0. The first-order valence-corrected chi connectivity index (χ1v) is 5.84. The summed E-state index contributed by atoms with van der Waals surface area (Å²) in [5, 5.41) is 9.06. The predicted molar refractivity (Wildman–Crippen MR) is 63.1 cm³/mol. The van der Waals surface area contributed by atoms with E-state index in [1.54, 1.807) is 0 Å². The Balaban J connectivity index is 2.15. The normalized spacial score (nSPS) is 19.0. The summed E-state index contributed by atoms with van der Waals surface area (Å²) in [6.45, 7) is 0.452. The average Bonchev–Trinajstić information content (AvgIpc) is 2.77. The molecule has 6 heteroatoms. The SMILES string of the molecule is O=C(O)C1CCN(C(=O)c2ccc(Cl)cc2F)C1. The van der Waals surface area contributed by atoms with Gasteiger partial charge in [-0.05, 0) is 24.6 Å². The van der Waals surface area contributed by atoms with Crippen LogP contribution in [0.3, 0.4) is 0 Å². The molecule has 1 amide bonds. The van der Waals surface area contributed by atoms with Crippen molar-refractivity contribution in [2.45, 2.75) is 6.42 Å². The molecule has 1 heterocycles. The highest BCUT2D eigenvalue weighted by Gasteiger charge is 2.32. The molecule has 1 aliphatic heterocycles. The molecule has 1 atom stereocenters. The molecule has 4 nitrogen and oxygen atoms in total. The zero-order valence-corrected chi connectivity index (χ0v) is 10.2. The number of carboxylic acids is 1. The third-order valence-corrected chi connectivity index (χ3v) is 3.22. The van der Waals surface area contributed by atoms with Crippen LogP contribution >= 0.6 is 11.6 Å². The highest BCUT2D eigenvalue weighted by atomic mass is 35.5. The monoisotopic (exact) mass is 271 g/mol. The van der Waals surface area contributed by atoms with Crippen LogP contribution in [0.15, 0.2) is 18.2 Å².